The zero-order valence-electron chi connectivity index (χ0n) is 10.4. The van der Waals surface area contributed by atoms with Gasteiger partial charge >= 0.3 is 0 Å². The summed E-state index contributed by atoms with van der Waals surface area (Å²) in [4.78, 5) is 11.0. The molecule has 0 radical (unpaired) electrons. The standard InChI is InChI=1S/C13H23NO2/c1-13(2)14-11(12(9-15)16-13)8-10-6-4-3-5-7-10/h9-12,14H,3-8H2,1-2H3/t11-,12-/m0/s1. The first kappa shape index (κ1) is 12.1. The second-order valence-electron chi connectivity index (χ2n) is 5.72. The van der Waals surface area contributed by atoms with Crippen LogP contribution in [0.4, 0.5) is 0 Å². The highest BCUT2D eigenvalue weighted by atomic mass is 16.5. The lowest BCUT2D eigenvalue weighted by molar-refractivity contribution is -0.121. The molecule has 3 heteroatoms. The molecule has 0 aromatic rings. The van der Waals surface area contributed by atoms with Gasteiger partial charge < -0.3 is 9.53 Å². The van der Waals surface area contributed by atoms with E-state index in [2.05, 4.69) is 5.32 Å². The molecule has 1 saturated heterocycles. The van der Waals surface area contributed by atoms with Crippen LogP contribution in [0.15, 0.2) is 0 Å². The fourth-order valence-electron chi connectivity index (χ4n) is 3.08. The van der Waals surface area contributed by atoms with Gasteiger partial charge in [-0.3, -0.25) is 5.32 Å². The summed E-state index contributed by atoms with van der Waals surface area (Å²) in [5.41, 5.74) is -0.342. The van der Waals surface area contributed by atoms with Gasteiger partial charge in [0.25, 0.3) is 0 Å². The van der Waals surface area contributed by atoms with Gasteiger partial charge in [0.05, 0.1) is 0 Å². The lowest BCUT2D eigenvalue weighted by Gasteiger charge is -2.25. The summed E-state index contributed by atoms with van der Waals surface area (Å²) in [6, 6.07) is 0.218. The van der Waals surface area contributed by atoms with E-state index in [1.54, 1.807) is 0 Å². The monoisotopic (exact) mass is 225 g/mol. The maximum atomic E-state index is 11.0. The smallest absolute Gasteiger partial charge is 0.150 e. The Kier molecular flexibility index (Phi) is 3.65. The van der Waals surface area contributed by atoms with E-state index >= 15 is 0 Å². The Balaban J connectivity index is 1.90. The Morgan fingerprint density at radius 1 is 1.31 bits per heavy atom. The van der Waals surface area contributed by atoms with Crippen LogP contribution in [0, 0.1) is 5.92 Å². The van der Waals surface area contributed by atoms with Gasteiger partial charge in [-0.1, -0.05) is 32.1 Å². The fourth-order valence-corrected chi connectivity index (χ4v) is 3.08. The minimum Gasteiger partial charge on any atom is -0.349 e. The van der Waals surface area contributed by atoms with Crippen molar-refractivity contribution in [1.82, 2.24) is 5.32 Å². The molecule has 2 aliphatic rings. The van der Waals surface area contributed by atoms with Crippen molar-refractivity contribution in [3.8, 4) is 0 Å². The van der Waals surface area contributed by atoms with Crippen molar-refractivity contribution in [3.63, 3.8) is 0 Å². The number of carbonyl (C=O) groups is 1. The summed E-state index contributed by atoms with van der Waals surface area (Å²) in [6.45, 7) is 3.98. The molecule has 2 fully saturated rings. The molecule has 0 bridgehead atoms. The Morgan fingerprint density at radius 3 is 2.62 bits per heavy atom. The quantitative estimate of drug-likeness (QED) is 0.749. The van der Waals surface area contributed by atoms with Gasteiger partial charge in [0.15, 0.2) is 0 Å². The van der Waals surface area contributed by atoms with E-state index < -0.39 is 0 Å². The number of nitrogens with one attached hydrogen (secondary N) is 1. The number of rotatable bonds is 3. The Bertz CT molecular complexity index is 246. The average Bonchev–Trinajstić information content (AvgIpc) is 2.54. The number of aldehydes is 1. The number of ether oxygens (including phenoxy) is 1. The molecule has 1 saturated carbocycles. The van der Waals surface area contributed by atoms with Crippen LogP contribution < -0.4 is 5.32 Å². The third-order valence-electron chi connectivity index (χ3n) is 3.81. The molecule has 16 heavy (non-hydrogen) atoms. The van der Waals surface area contributed by atoms with Crippen molar-refractivity contribution in [3.05, 3.63) is 0 Å². The molecule has 92 valence electrons. The van der Waals surface area contributed by atoms with E-state index in [-0.39, 0.29) is 17.9 Å². The highest BCUT2D eigenvalue weighted by Crippen LogP contribution is 2.31. The maximum Gasteiger partial charge on any atom is 0.150 e. The van der Waals surface area contributed by atoms with Crippen molar-refractivity contribution in [2.75, 3.05) is 0 Å². The topological polar surface area (TPSA) is 38.3 Å². The predicted octanol–water partition coefficient (Wildman–Crippen LogP) is 2.25. The first-order chi connectivity index (χ1) is 7.61. The van der Waals surface area contributed by atoms with Crippen molar-refractivity contribution in [2.45, 2.75) is 70.2 Å². The van der Waals surface area contributed by atoms with Crippen LogP contribution in [0.1, 0.15) is 52.4 Å². The Labute approximate surface area is 97.9 Å². The zero-order valence-corrected chi connectivity index (χ0v) is 10.4. The van der Waals surface area contributed by atoms with Crippen molar-refractivity contribution >= 4 is 6.29 Å². The van der Waals surface area contributed by atoms with Gasteiger partial charge in [-0.05, 0) is 26.2 Å². The highest BCUT2D eigenvalue weighted by Gasteiger charge is 2.40. The third kappa shape index (κ3) is 2.83. The average molecular weight is 225 g/mol. The van der Waals surface area contributed by atoms with E-state index in [1.807, 2.05) is 13.8 Å². The summed E-state index contributed by atoms with van der Waals surface area (Å²) in [6.07, 6.45) is 8.53. The number of hydrogen-bond donors (Lipinski definition) is 1. The van der Waals surface area contributed by atoms with E-state index in [0.717, 1.165) is 18.6 Å². The van der Waals surface area contributed by atoms with Gasteiger partial charge in [0.1, 0.15) is 18.1 Å². The number of carbonyl (C=O) groups excluding carboxylic acids is 1. The predicted molar refractivity (Wildman–Crippen MR) is 63.1 cm³/mol. The molecule has 1 aliphatic heterocycles. The van der Waals surface area contributed by atoms with Crippen LogP contribution in [0.2, 0.25) is 0 Å². The van der Waals surface area contributed by atoms with E-state index in [0.29, 0.717) is 0 Å². The van der Waals surface area contributed by atoms with Crippen LogP contribution in [0.3, 0.4) is 0 Å². The molecule has 0 aromatic heterocycles. The molecule has 1 N–H and O–H groups in total. The van der Waals surface area contributed by atoms with Crippen LogP contribution in [-0.4, -0.2) is 24.2 Å². The van der Waals surface area contributed by atoms with Crippen LogP contribution >= 0.6 is 0 Å². The van der Waals surface area contributed by atoms with Crippen LogP contribution in [0.25, 0.3) is 0 Å². The maximum absolute atomic E-state index is 11.0. The lowest BCUT2D eigenvalue weighted by atomic mass is 9.84. The molecular formula is C13H23NO2. The van der Waals surface area contributed by atoms with Crippen molar-refractivity contribution < 1.29 is 9.53 Å². The molecule has 0 amide bonds. The number of hydrogen-bond acceptors (Lipinski definition) is 3. The summed E-state index contributed by atoms with van der Waals surface area (Å²) in [5, 5.41) is 3.43. The first-order valence-electron chi connectivity index (χ1n) is 6.51. The van der Waals surface area contributed by atoms with E-state index in [1.165, 1.54) is 32.1 Å². The molecule has 1 aliphatic carbocycles. The summed E-state index contributed by atoms with van der Waals surface area (Å²) < 4.78 is 5.67. The summed E-state index contributed by atoms with van der Waals surface area (Å²) in [5.74, 6) is 0.784. The molecule has 1 heterocycles. The summed E-state index contributed by atoms with van der Waals surface area (Å²) in [7, 11) is 0. The molecule has 2 rings (SSSR count). The van der Waals surface area contributed by atoms with Crippen molar-refractivity contribution in [2.24, 2.45) is 5.92 Å². The van der Waals surface area contributed by atoms with Gasteiger partial charge in [-0.25, -0.2) is 0 Å². The minimum atomic E-state index is -0.342. The molecule has 0 spiro atoms. The molecule has 3 nitrogen and oxygen atoms in total. The normalized spacial score (nSPS) is 35.1. The Morgan fingerprint density at radius 2 is 2.00 bits per heavy atom. The third-order valence-corrected chi connectivity index (χ3v) is 3.81. The Hall–Kier alpha value is -0.410. The molecule has 0 unspecified atom stereocenters. The van der Waals surface area contributed by atoms with E-state index in [9.17, 15) is 4.79 Å². The lowest BCUT2D eigenvalue weighted by Crippen LogP contribution is -2.40. The summed E-state index contributed by atoms with van der Waals surface area (Å²) >= 11 is 0. The minimum absolute atomic E-state index is 0.218. The molecule has 0 aromatic carbocycles. The second kappa shape index (κ2) is 4.84. The van der Waals surface area contributed by atoms with Gasteiger partial charge in [-0.2, -0.15) is 0 Å². The zero-order chi connectivity index (χ0) is 11.6. The first-order valence-corrected chi connectivity index (χ1v) is 6.51. The van der Waals surface area contributed by atoms with E-state index in [4.69, 9.17) is 4.74 Å². The second-order valence-corrected chi connectivity index (χ2v) is 5.72. The van der Waals surface area contributed by atoms with Crippen molar-refractivity contribution in [1.29, 1.82) is 0 Å². The van der Waals surface area contributed by atoms with Crippen LogP contribution in [-0.2, 0) is 9.53 Å². The van der Waals surface area contributed by atoms with Crippen LogP contribution in [0.5, 0.6) is 0 Å². The highest BCUT2D eigenvalue weighted by molar-refractivity contribution is 5.58. The fraction of sp³-hybridized carbons (Fsp3) is 0.923. The molecule has 2 atom stereocenters. The SMILES string of the molecule is CC1(C)N[C@@H](CC2CCCCC2)[C@H](C=O)O1. The largest absolute Gasteiger partial charge is 0.349 e. The van der Waals surface area contributed by atoms with Gasteiger partial charge in [-0.15, -0.1) is 0 Å². The van der Waals surface area contributed by atoms with Gasteiger partial charge in [0, 0.05) is 6.04 Å². The van der Waals surface area contributed by atoms with Gasteiger partial charge in [0.2, 0.25) is 0 Å². The molecular weight excluding hydrogens is 202 g/mol.